The number of ether oxygens (including phenoxy) is 1. The zero-order chi connectivity index (χ0) is 16.0. The molecule has 6 heteroatoms. The minimum absolute atomic E-state index is 0.201. The molecule has 0 atom stereocenters. The highest BCUT2D eigenvalue weighted by atomic mass is 32.2. The molecular formula is C14H26O5S. The molecule has 0 fully saturated rings. The van der Waals surface area contributed by atoms with Crippen LogP contribution in [0.1, 0.15) is 47.0 Å². The maximum absolute atomic E-state index is 11.8. The zero-order valence-electron chi connectivity index (χ0n) is 12.8. The van der Waals surface area contributed by atoms with E-state index in [1.54, 1.807) is 27.7 Å². The van der Waals surface area contributed by atoms with E-state index < -0.39 is 20.8 Å². The van der Waals surface area contributed by atoms with E-state index in [-0.39, 0.29) is 18.4 Å². The van der Waals surface area contributed by atoms with Crippen molar-refractivity contribution < 1.29 is 22.5 Å². The normalized spacial score (nSPS) is 12.8. The van der Waals surface area contributed by atoms with E-state index in [0.29, 0.717) is 19.3 Å². The first-order valence-electron chi connectivity index (χ1n) is 6.85. The van der Waals surface area contributed by atoms with Crippen LogP contribution in [-0.2, 0) is 19.6 Å². The second-order valence-corrected chi connectivity index (χ2v) is 7.28. The lowest BCUT2D eigenvalue weighted by Gasteiger charge is -2.38. The first-order chi connectivity index (χ1) is 9.09. The fourth-order valence-corrected chi connectivity index (χ4v) is 4.30. The number of carbonyl (C=O) groups is 1. The van der Waals surface area contributed by atoms with E-state index in [9.17, 15) is 17.8 Å². The summed E-state index contributed by atoms with van der Waals surface area (Å²) >= 11 is 0. The van der Waals surface area contributed by atoms with E-state index in [0.717, 1.165) is 6.08 Å². The van der Waals surface area contributed by atoms with Crippen molar-refractivity contribution in [3.8, 4) is 0 Å². The van der Waals surface area contributed by atoms with Crippen molar-refractivity contribution in [3.05, 3.63) is 12.7 Å². The van der Waals surface area contributed by atoms with Gasteiger partial charge >= 0.3 is 5.97 Å². The molecular weight excluding hydrogens is 280 g/mol. The van der Waals surface area contributed by atoms with E-state index >= 15 is 0 Å². The van der Waals surface area contributed by atoms with Crippen molar-refractivity contribution in [3.63, 3.8) is 0 Å². The largest absolute Gasteiger partial charge is 0.463 e. The van der Waals surface area contributed by atoms with Crippen LogP contribution in [0.4, 0.5) is 0 Å². The van der Waals surface area contributed by atoms with Crippen LogP contribution in [0.2, 0.25) is 0 Å². The summed E-state index contributed by atoms with van der Waals surface area (Å²) < 4.78 is 36.9. The van der Waals surface area contributed by atoms with Gasteiger partial charge in [0, 0.05) is 6.08 Å². The molecule has 0 unspecified atom stereocenters. The lowest BCUT2D eigenvalue weighted by atomic mass is 9.80. The van der Waals surface area contributed by atoms with Gasteiger partial charge in [0.05, 0.1) is 6.61 Å². The lowest BCUT2D eigenvalue weighted by Crippen LogP contribution is -2.48. The minimum Gasteiger partial charge on any atom is -0.463 e. The molecule has 0 spiro atoms. The Labute approximate surface area is 122 Å². The maximum atomic E-state index is 11.8. The van der Waals surface area contributed by atoms with E-state index in [1.165, 1.54) is 0 Å². The topological polar surface area (TPSA) is 80.7 Å². The fourth-order valence-electron chi connectivity index (χ4n) is 2.70. The molecule has 1 N–H and O–H groups in total. The van der Waals surface area contributed by atoms with Crippen LogP contribution >= 0.6 is 0 Å². The Kier molecular flexibility index (Phi) is 7.44. The summed E-state index contributed by atoms with van der Waals surface area (Å²) in [6, 6.07) is 0. The van der Waals surface area contributed by atoms with Gasteiger partial charge in [-0.3, -0.25) is 4.55 Å². The second-order valence-electron chi connectivity index (χ2n) is 5.57. The second kappa shape index (κ2) is 7.78. The summed E-state index contributed by atoms with van der Waals surface area (Å²) in [6.45, 7) is 10.7. The third kappa shape index (κ3) is 4.59. The molecule has 118 valence electrons. The predicted molar refractivity (Wildman–Crippen MR) is 79.0 cm³/mol. The van der Waals surface area contributed by atoms with Crippen molar-refractivity contribution in [2.24, 2.45) is 11.8 Å². The standard InChI is InChI=1S/C14H26O5S/c1-6-13(15)19-10-8-7-9-14(11(2)3,12(4)5)20(16,17)18/h6,11-12H,1,7-10H2,2-5H3,(H,16,17,18). The molecule has 0 radical (unpaired) electrons. The van der Waals surface area contributed by atoms with Crippen LogP contribution in [0.5, 0.6) is 0 Å². The molecule has 0 rings (SSSR count). The first-order valence-corrected chi connectivity index (χ1v) is 8.29. The molecule has 0 aromatic heterocycles. The van der Waals surface area contributed by atoms with Crippen LogP contribution in [0, 0.1) is 11.8 Å². The van der Waals surface area contributed by atoms with Crippen LogP contribution in [-0.4, -0.2) is 30.3 Å². The summed E-state index contributed by atoms with van der Waals surface area (Å²) in [4.78, 5) is 10.9. The Balaban J connectivity index is 4.70. The molecule has 0 bridgehead atoms. The number of hydrogen-bond acceptors (Lipinski definition) is 4. The molecule has 0 aromatic carbocycles. The van der Waals surface area contributed by atoms with Gasteiger partial charge in [-0.1, -0.05) is 34.3 Å². The van der Waals surface area contributed by atoms with E-state index in [1.807, 2.05) is 0 Å². The van der Waals surface area contributed by atoms with Gasteiger partial charge in [0.1, 0.15) is 4.75 Å². The van der Waals surface area contributed by atoms with Crippen LogP contribution in [0.3, 0.4) is 0 Å². The summed E-state index contributed by atoms with van der Waals surface area (Å²) in [6.07, 6.45) is 2.54. The van der Waals surface area contributed by atoms with Crippen molar-refractivity contribution in [2.75, 3.05) is 6.61 Å². The van der Waals surface area contributed by atoms with Gasteiger partial charge in [-0.25, -0.2) is 4.79 Å². The Bertz CT molecular complexity index is 415. The summed E-state index contributed by atoms with van der Waals surface area (Å²) in [7, 11) is -4.16. The van der Waals surface area contributed by atoms with Crippen LogP contribution in [0.25, 0.3) is 0 Å². The third-order valence-electron chi connectivity index (χ3n) is 3.81. The lowest BCUT2D eigenvalue weighted by molar-refractivity contribution is -0.137. The molecule has 0 saturated carbocycles. The molecule has 20 heavy (non-hydrogen) atoms. The number of esters is 1. The third-order valence-corrected chi connectivity index (χ3v) is 5.92. The monoisotopic (exact) mass is 306 g/mol. The molecule has 0 aromatic rings. The Hall–Kier alpha value is -0.880. The quantitative estimate of drug-likeness (QED) is 0.306. The van der Waals surface area contributed by atoms with E-state index in [2.05, 4.69) is 6.58 Å². The predicted octanol–water partition coefficient (Wildman–Crippen LogP) is 2.82. The van der Waals surface area contributed by atoms with Gasteiger partial charge in [0.25, 0.3) is 10.1 Å². The summed E-state index contributed by atoms with van der Waals surface area (Å²) in [5, 5.41) is 0. The Morgan fingerprint density at radius 3 is 2.10 bits per heavy atom. The van der Waals surface area contributed by atoms with E-state index in [4.69, 9.17) is 4.74 Å². The SMILES string of the molecule is C=CC(=O)OCCCCC(C(C)C)(C(C)C)S(=O)(=O)O. The number of rotatable bonds is 9. The number of carbonyl (C=O) groups excluding carboxylic acids is 1. The van der Waals surface area contributed by atoms with Gasteiger partial charge in [-0.15, -0.1) is 0 Å². The van der Waals surface area contributed by atoms with Gasteiger partial charge in [0.15, 0.2) is 0 Å². The maximum Gasteiger partial charge on any atom is 0.330 e. The van der Waals surface area contributed by atoms with Gasteiger partial charge in [0.2, 0.25) is 0 Å². The van der Waals surface area contributed by atoms with Crippen LogP contribution in [0.15, 0.2) is 12.7 Å². The molecule has 0 amide bonds. The van der Waals surface area contributed by atoms with Crippen molar-refractivity contribution in [2.45, 2.75) is 51.7 Å². The Morgan fingerprint density at radius 1 is 1.25 bits per heavy atom. The summed E-state index contributed by atoms with van der Waals surface area (Å²) in [5.41, 5.74) is 0. The zero-order valence-corrected chi connectivity index (χ0v) is 13.6. The highest BCUT2D eigenvalue weighted by molar-refractivity contribution is 7.87. The van der Waals surface area contributed by atoms with Crippen LogP contribution < -0.4 is 0 Å². The van der Waals surface area contributed by atoms with Crippen molar-refractivity contribution >= 4 is 16.1 Å². The highest BCUT2D eigenvalue weighted by Gasteiger charge is 2.47. The fraction of sp³-hybridized carbons (Fsp3) is 0.786. The number of unbranched alkanes of at least 4 members (excludes halogenated alkanes) is 1. The van der Waals surface area contributed by atoms with Crippen molar-refractivity contribution in [1.29, 1.82) is 0 Å². The minimum atomic E-state index is -4.16. The van der Waals surface area contributed by atoms with Gasteiger partial charge in [-0.2, -0.15) is 8.42 Å². The van der Waals surface area contributed by atoms with Gasteiger partial charge in [-0.05, 0) is 31.1 Å². The molecule has 0 aliphatic rings. The first kappa shape index (κ1) is 19.1. The smallest absolute Gasteiger partial charge is 0.330 e. The molecule has 0 saturated heterocycles. The summed E-state index contributed by atoms with van der Waals surface area (Å²) in [5.74, 6) is -0.889. The molecule has 5 nitrogen and oxygen atoms in total. The average Bonchev–Trinajstić information content (AvgIpc) is 2.30. The highest BCUT2D eigenvalue weighted by Crippen LogP contribution is 2.38. The molecule has 0 aliphatic heterocycles. The Morgan fingerprint density at radius 2 is 1.75 bits per heavy atom. The molecule has 0 heterocycles. The average molecular weight is 306 g/mol. The number of hydrogen-bond donors (Lipinski definition) is 1. The van der Waals surface area contributed by atoms with Crippen molar-refractivity contribution in [1.82, 2.24) is 0 Å². The van der Waals surface area contributed by atoms with Gasteiger partial charge < -0.3 is 4.74 Å². The molecule has 0 aliphatic carbocycles.